The summed E-state index contributed by atoms with van der Waals surface area (Å²) in [6, 6.07) is 6.68. The molecule has 0 saturated carbocycles. The summed E-state index contributed by atoms with van der Waals surface area (Å²) in [5.74, 6) is 0.940. The molecular weight excluding hydrogens is 356 g/mol. The minimum absolute atomic E-state index is 0.232. The van der Waals surface area contributed by atoms with Gasteiger partial charge in [-0.1, -0.05) is 66.7 Å². The average molecular weight is 387 g/mol. The van der Waals surface area contributed by atoms with Crippen LogP contribution in [0.15, 0.2) is 59.4 Å². The van der Waals surface area contributed by atoms with Gasteiger partial charge < -0.3 is 4.74 Å². The van der Waals surface area contributed by atoms with Crippen LogP contribution in [-0.4, -0.2) is 14.5 Å². The van der Waals surface area contributed by atoms with Crippen molar-refractivity contribution in [2.24, 2.45) is 0 Å². The topological polar surface area (TPSA) is 9.23 Å². The van der Waals surface area contributed by atoms with Crippen molar-refractivity contribution in [3.05, 3.63) is 76.1 Å². The zero-order valence-electron chi connectivity index (χ0n) is 17.2. The van der Waals surface area contributed by atoms with Crippen LogP contribution in [-0.2, 0) is 4.74 Å². The predicted molar refractivity (Wildman–Crippen MR) is 118 cm³/mol. The number of benzene rings is 1. The summed E-state index contributed by atoms with van der Waals surface area (Å²) in [6.45, 7) is 17.3. The molecule has 0 bridgehead atoms. The third kappa shape index (κ3) is 4.60. The van der Waals surface area contributed by atoms with Crippen LogP contribution < -0.4 is 0 Å². The number of methoxy groups -OCH3 is 1. The van der Waals surface area contributed by atoms with Gasteiger partial charge >= 0.3 is 0 Å². The molecule has 0 saturated heterocycles. The van der Waals surface area contributed by atoms with Gasteiger partial charge in [-0.15, -0.1) is 0 Å². The van der Waals surface area contributed by atoms with Crippen molar-refractivity contribution in [2.45, 2.75) is 52.8 Å². The molecule has 1 aliphatic carbocycles. The van der Waals surface area contributed by atoms with Gasteiger partial charge in [0.25, 0.3) is 0 Å². The Morgan fingerprint density at radius 1 is 1.08 bits per heavy atom. The van der Waals surface area contributed by atoms with Crippen LogP contribution in [0.5, 0.6) is 0 Å². The fourth-order valence-corrected chi connectivity index (χ4v) is 7.20. The third-order valence-corrected chi connectivity index (χ3v) is 7.80. The van der Waals surface area contributed by atoms with Gasteiger partial charge in [-0.05, 0) is 50.8 Å². The normalized spacial score (nSPS) is 26.2. The molecule has 3 heteroatoms. The Hall–Kier alpha value is -1.51. The molecule has 140 valence electrons. The predicted octanol–water partition coefficient (Wildman–Crippen LogP) is 7.33. The van der Waals surface area contributed by atoms with Gasteiger partial charge in [-0.2, -0.15) is 11.1 Å². The van der Waals surface area contributed by atoms with Crippen molar-refractivity contribution in [3.8, 4) is 0 Å². The number of ether oxygens (including phenoxy) is 1. The fraction of sp³-hybridized carbons (Fsp3) is 0.391. The highest BCUT2D eigenvalue weighted by Gasteiger charge is 2.33. The van der Waals surface area contributed by atoms with Crippen molar-refractivity contribution in [1.82, 2.24) is 0 Å². The van der Waals surface area contributed by atoms with E-state index in [0.717, 1.165) is 23.3 Å². The molecule has 1 nitrogen and oxygen atoms in total. The van der Waals surface area contributed by atoms with Crippen LogP contribution in [0.25, 0.3) is 5.57 Å². The molecule has 1 aromatic carbocycles. The van der Waals surface area contributed by atoms with Gasteiger partial charge in [0.05, 0.1) is 7.11 Å². The van der Waals surface area contributed by atoms with Gasteiger partial charge in [-0.25, -0.2) is 0 Å². The Kier molecular flexibility index (Phi) is 6.41. The molecule has 0 fully saturated rings. The number of hydrogen-bond acceptors (Lipinski definition) is 1. The zero-order chi connectivity index (χ0) is 19.6. The maximum absolute atomic E-state index is 6.86. The van der Waals surface area contributed by atoms with Gasteiger partial charge in [-0.3, -0.25) is 0 Å². The van der Waals surface area contributed by atoms with Crippen LogP contribution in [0.2, 0.25) is 18.6 Å². The van der Waals surface area contributed by atoms with Crippen LogP contribution in [0.3, 0.4) is 0 Å². The lowest BCUT2D eigenvalue weighted by atomic mass is 9.95. The summed E-state index contributed by atoms with van der Waals surface area (Å²) >= 11 is 6.86. The molecule has 2 rings (SSSR count). The minimum Gasteiger partial charge on any atom is -0.496 e. The van der Waals surface area contributed by atoms with Crippen LogP contribution in [0.1, 0.15) is 37.0 Å². The molecule has 1 atom stereocenters. The van der Waals surface area contributed by atoms with Crippen LogP contribution in [0.4, 0.5) is 0 Å². The van der Waals surface area contributed by atoms with E-state index >= 15 is 0 Å². The summed E-state index contributed by atoms with van der Waals surface area (Å²) < 4.78 is 5.87. The molecule has 1 aliphatic rings. The molecule has 0 amide bonds. The highest BCUT2D eigenvalue weighted by atomic mass is 35.6. The number of allylic oxidation sites excluding steroid dienone is 6. The van der Waals surface area contributed by atoms with Crippen LogP contribution >= 0.6 is 11.1 Å². The van der Waals surface area contributed by atoms with E-state index < -0.39 is 7.38 Å². The second kappa shape index (κ2) is 8.02. The van der Waals surface area contributed by atoms with Gasteiger partial charge in [0, 0.05) is 11.1 Å². The van der Waals surface area contributed by atoms with E-state index in [1.54, 1.807) is 7.11 Å². The first kappa shape index (κ1) is 20.8. The molecule has 0 heterocycles. The van der Waals surface area contributed by atoms with Crippen molar-refractivity contribution >= 4 is 24.0 Å². The number of hydrogen-bond donors (Lipinski definition) is 0. The minimum atomic E-state index is -1.94. The molecule has 0 aromatic heterocycles. The summed E-state index contributed by atoms with van der Waals surface area (Å²) in [5.41, 5.74) is 8.70. The van der Waals surface area contributed by atoms with Crippen molar-refractivity contribution < 1.29 is 4.74 Å². The van der Waals surface area contributed by atoms with E-state index in [1.807, 2.05) is 0 Å². The Balaban J connectivity index is 2.69. The number of rotatable bonds is 3. The Morgan fingerprint density at radius 2 is 1.65 bits per heavy atom. The van der Waals surface area contributed by atoms with Gasteiger partial charge in [0.15, 0.2) is 7.38 Å². The standard InChI is InChI=1S/C23H31ClOSi/c1-15-11-16(2)13-20(12-15)21-10-9-17(3)23(26(7,8)24)19(5)14-18(4)22(21)25-6/h9,11-14,23H,5,10H2,1-4,6-8H3/b17-9-,18-14-,22-21-. The largest absolute Gasteiger partial charge is 0.496 e. The first-order valence-corrected chi connectivity index (χ1v) is 13.2. The number of halogens is 1. The van der Waals surface area contributed by atoms with E-state index in [0.29, 0.717) is 0 Å². The van der Waals surface area contributed by atoms with E-state index in [1.165, 1.54) is 27.8 Å². The molecule has 0 spiro atoms. The summed E-state index contributed by atoms with van der Waals surface area (Å²) in [4.78, 5) is 0. The highest BCUT2D eigenvalue weighted by Crippen LogP contribution is 2.42. The van der Waals surface area contributed by atoms with E-state index in [4.69, 9.17) is 15.8 Å². The summed E-state index contributed by atoms with van der Waals surface area (Å²) in [6.07, 6.45) is 5.30. The quantitative estimate of drug-likeness (QED) is 0.300. The lowest BCUT2D eigenvalue weighted by Crippen LogP contribution is -2.27. The van der Waals surface area contributed by atoms with Crippen molar-refractivity contribution in [1.29, 1.82) is 0 Å². The third-order valence-electron chi connectivity index (χ3n) is 4.95. The molecule has 1 aromatic rings. The summed E-state index contributed by atoms with van der Waals surface area (Å²) in [7, 11) is -0.186. The summed E-state index contributed by atoms with van der Waals surface area (Å²) in [5, 5.41) is 0. The second-order valence-corrected chi connectivity index (χ2v) is 14.6. The Labute approximate surface area is 164 Å². The number of aryl methyl sites for hydroxylation is 2. The molecule has 0 N–H and O–H groups in total. The van der Waals surface area contributed by atoms with E-state index in [2.05, 4.69) is 77.7 Å². The zero-order valence-corrected chi connectivity index (χ0v) is 18.9. The average Bonchev–Trinajstić information content (AvgIpc) is 2.52. The smallest absolute Gasteiger partial charge is 0.161 e. The first-order valence-electron chi connectivity index (χ1n) is 9.13. The lowest BCUT2D eigenvalue weighted by molar-refractivity contribution is 0.302. The van der Waals surface area contributed by atoms with E-state index in [-0.39, 0.29) is 5.54 Å². The monoisotopic (exact) mass is 386 g/mol. The first-order chi connectivity index (χ1) is 12.0. The van der Waals surface area contributed by atoms with Crippen molar-refractivity contribution in [2.75, 3.05) is 7.11 Å². The molecule has 0 aliphatic heterocycles. The molecule has 26 heavy (non-hydrogen) atoms. The highest BCUT2D eigenvalue weighted by molar-refractivity contribution is 7.20. The van der Waals surface area contributed by atoms with Crippen LogP contribution in [0, 0.1) is 13.8 Å². The Morgan fingerprint density at radius 3 is 2.15 bits per heavy atom. The Bertz CT molecular complexity index is 786. The maximum atomic E-state index is 6.86. The SMILES string of the molecule is C=C1/C=C(C)\C(OC)=C(\c2cc(C)cc(C)c2)C/C=C(/C)C1[Si](C)(C)Cl. The molecular formula is C23H31ClOSi. The maximum Gasteiger partial charge on any atom is 0.161 e. The van der Waals surface area contributed by atoms with E-state index in [9.17, 15) is 0 Å². The van der Waals surface area contributed by atoms with Crippen molar-refractivity contribution in [3.63, 3.8) is 0 Å². The molecule has 0 radical (unpaired) electrons. The lowest BCUT2D eigenvalue weighted by Gasteiger charge is -2.28. The van der Waals surface area contributed by atoms with Gasteiger partial charge in [0.1, 0.15) is 5.76 Å². The second-order valence-electron chi connectivity index (χ2n) is 7.94. The van der Waals surface area contributed by atoms with Gasteiger partial charge in [0.2, 0.25) is 0 Å². The molecule has 1 unspecified atom stereocenters. The fourth-order valence-electron chi connectivity index (χ4n) is 4.10.